The molecule has 0 bridgehead atoms. The van der Waals surface area contributed by atoms with Gasteiger partial charge in [0.15, 0.2) is 5.88 Å². The molecule has 4 heteroatoms. The van der Waals surface area contributed by atoms with Gasteiger partial charge in [-0.25, -0.2) is 0 Å². The van der Waals surface area contributed by atoms with Crippen LogP contribution in [0.4, 0.5) is 17.3 Å². The Kier molecular flexibility index (Phi) is 4.96. The number of benzene rings is 2. The lowest BCUT2D eigenvalue weighted by molar-refractivity contribution is 0.340. The standard InChI is InChI=1S/C20H20N2O2/c1-3-23-18-11-9-16(10-12-18)21-15-19-13-14-20(24-19)22(2)17-7-5-4-6-8-17/h4-15H,3H2,1-2H3. The van der Waals surface area contributed by atoms with Gasteiger partial charge in [0.05, 0.1) is 18.5 Å². The lowest BCUT2D eigenvalue weighted by Crippen LogP contribution is -2.07. The maximum absolute atomic E-state index is 5.84. The van der Waals surface area contributed by atoms with Gasteiger partial charge in [-0.1, -0.05) is 18.2 Å². The van der Waals surface area contributed by atoms with E-state index >= 15 is 0 Å². The number of aliphatic imine (C=N–C) groups is 1. The monoisotopic (exact) mass is 320 g/mol. The maximum atomic E-state index is 5.84. The summed E-state index contributed by atoms with van der Waals surface area (Å²) in [6.07, 6.45) is 1.72. The fraction of sp³-hybridized carbons (Fsp3) is 0.150. The summed E-state index contributed by atoms with van der Waals surface area (Å²) in [4.78, 5) is 6.42. The number of nitrogens with zero attached hydrogens (tertiary/aromatic N) is 2. The molecule has 3 aromatic rings. The molecule has 0 saturated heterocycles. The largest absolute Gasteiger partial charge is 0.494 e. The van der Waals surface area contributed by atoms with E-state index in [0.29, 0.717) is 12.4 Å². The fourth-order valence-corrected chi connectivity index (χ4v) is 2.30. The molecule has 0 aliphatic rings. The van der Waals surface area contributed by atoms with E-state index in [2.05, 4.69) is 4.99 Å². The number of rotatable bonds is 6. The van der Waals surface area contributed by atoms with E-state index in [1.165, 1.54) is 0 Å². The predicted octanol–water partition coefficient (Wildman–Crippen LogP) is 5.20. The molecule has 4 nitrogen and oxygen atoms in total. The lowest BCUT2D eigenvalue weighted by atomic mass is 10.3. The van der Waals surface area contributed by atoms with E-state index in [1.807, 2.05) is 85.6 Å². The van der Waals surface area contributed by atoms with Crippen molar-refractivity contribution in [2.75, 3.05) is 18.6 Å². The Hall–Kier alpha value is -3.01. The highest BCUT2D eigenvalue weighted by Gasteiger charge is 2.07. The number of hydrogen-bond donors (Lipinski definition) is 0. The lowest BCUT2D eigenvalue weighted by Gasteiger charge is -2.15. The third kappa shape index (κ3) is 3.84. The Labute approximate surface area is 142 Å². The second-order valence-electron chi connectivity index (χ2n) is 5.26. The minimum absolute atomic E-state index is 0.659. The molecule has 1 heterocycles. The Bertz CT molecular complexity index is 792. The van der Waals surface area contributed by atoms with Crippen LogP contribution in [0.25, 0.3) is 0 Å². The summed E-state index contributed by atoms with van der Waals surface area (Å²) in [5, 5.41) is 0. The highest BCUT2D eigenvalue weighted by atomic mass is 16.5. The topological polar surface area (TPSA) is 38.0 Å². The van der Waals surface area contributed by atoms with Crippen molar-refractivity contribution in [1.82, 2.24) is 0 Å². The van der Waals surface area contributed by atoms with Crippen molar-refractivity contribution in [3.63, 3.8) is 0 Å². The predicted molar refractivity (Wildman–Crippen MR) is 98.1 cm³/mol. The molecule has 2 aromatic carbocycles. The van der Waals surface area contributed by atoms with Crippen molar-refractivity contribution in [3.05, 3.63) is 72.5 Å². The molecule has 122 valence electrons. The first-order chi connectivity index (χ1) is 11.8. The Balaban J connectivity index is 1.69. The Morgan fingerprint density at radius 1 is 1.00 bits per heavy atom. The first-order valence-corrected chi connectivity index (χ1v) is 7.92. The van der Waals surface area contributed by atoms with Gasteiger partial charge in [0.2, 0.25) is 0 Å². The van der Waals surface area contributed by atoms with Crippen LogP contribution in [-0.4, -0.2) is 19.9 Å². The van der Waals surface area contributed by atoms with Crippen LogP contribution in [0.15, 0.2) is 76.1 Å². The van der Waals surface area contributed by atoms with Crippen LogP contribution < -0.4 is 9.64 Å². The molecule has 0 atom stereocenters. The van der Waals surface area contributed by atoms with Gasteiger partial charge in [0, 0.05) is 18.8 Å². The summed E-state index contributed by atoms with van der Waals surface area (Å²) < 4.78 is 11.3. The first-order valence-electron chi connectivity index (χ1n) is 7.92. The van der Waals surface area contributed by atoms with Crippen molar-refractivity contribution in [2.45, 2.75) is 6.92 Å². The van der Waals surface area contributed by atoms with Gasteiger partial charge >= 0.3 is 0 Å². The zero-order chi connectivity index (χ0) is 16.8. The second kappa shape index (κ2) is 7.51. The highest BCUT2D eigenvalue weighted by Crippen LogP contribution is 2.25. The Morgan fingerprint density at radius 2 is 1.75 bits per heavy atom. The van der Waals surface area contributed by atoms with Crippen LogP contribution >= 0.6 is 0 Å². The van der Waals surface area contributed by atoms with Gasteiger partial charge in [0.1, 0.15) is 11.5 Å². The first kappa shape index (κ1) is 15.9. The van der Waals surface area contributed by atoms with E-state index in [4.69, 9.17) is 9.15 Å². The zero-order valence-corrected chi connectivity index (χ0v) is 13.8. The van der Waals surface area contributed by atoms with Crippen molar-refractivity contribution < 1.29 is 9.15 Å². The highest BCUT2D eigenvalue weighted by molar-refractivity contribution is 5.79. The second-order valence-corrected chi connectivity index (χ2v) is 5.26. The van der Waals surface area contributed by atoms with Crippen molar-refractivity contribution in [2.24, 2.45) is 4.99 Å². The molecule has 0 amide bonds. The summed E-state index contributed by atoms with van der Waals surface area (Å²) in [6, 6.07) is 21.6. The van der Waals surface area contributed by atoms with Crippen LogP contribution in [0.2, 0.25) is 0 Å². The molecular formula is C20H20N2O2. The normalized spacial score (nSPS) is 10.9. The molecule has 0 N–H and O–H groups in total. The number of ether oxygens (including phenoxy) is 1. The van der Waals surface area contributed by atoms with Crippen LogP contribution in [-0.2, 0) is 0 Å². The molecule has 24 heavy (non-hydrogen) atoms. The summed E-state index contributed by atoms with van der Waals surface area (Å²) in [6.45, 7) is 2.62. The molecule has 3 rings (SSSR count). The molecule has 0 unspecified atom stereocenters. The van der Waals surface area contributed by atoms with E-state index in [1.54, 1.807) is 6.21 Å². The molecular weight excluding hydrogens is 300 g/mol. The van der Waals surface area contributed by atoms with E-state index in [9.17, 15) is 0 Å². The quantitative estimate of drug-likeness (QED) is 0.586. The Morgan fingerprint density at radius 3 is 2.46 bits per heavy atom. The van der Waals surface area contributed by atoms with Crippen molar-refractivity contribution in [1.29, 1.82) is 0 Å². The van der Waals surface area contributed by atoms with E-state index in [0.717, 1.165) is 23.0 Å². The molecule has 1 aromatic heterocycles. The van der Waals surface area contributed by atoms with Gasteiger partial charge in [0.25, 0.3) is 0 Å². The van der Waals surface area contributed by atoms with Gasteiger partial charge < -0.3 is 14.1 Å². The summed E-state index contributed by atoms with van der Waals surface area (Å²) in [5.74, 6) is 2.33. The van der Waals surface area contributed by atoms with Gasteiger partial charge in [-0.15, -0.1) is 0 Å². The fourth-order valence-electron chi connectivity index (χ4n) is 2.30. The molecule has 0 aliphatic carbocycles. The summed E-state index contributed by atoms with van der Waals surface area (Å²) in [5.41, 5.74) is 1.93. The number of anilines is 2. The minimum Gasteiger partial charge on any atom is -0.494 e. The minimum atomic E-state index is 0.659. The van der Waals surface area contributed by atoms with Crippen LogP contribution in [0.1, 0.15) is 12.7 Å². The average Bonchev–Trinajstić information content (AvgIpc) is 3.10. The van der Waals surface area contributed by atoms with Crippen LogP contribution in [0.5, 0.6) is 5.75 Å². The van der Waals surface area contributed by atoms with Gasteiger partial charge in [-0.3, -0.25) is 4.99 Å². The van der Waals surface area contributed by atoms with E-state index < -0.39 is 0 Å². The molecule has 0 saturated carbocycles. The molecule has 0 aliphatic heterocycles. The van der Waals surface area contributed by atoms with E-state index in [-0.39, 0.29) is 0 Å². The van der Waals surface area contributed by atoms with Crippen LogP contribution in [0, 0.1) is 0 Å². The third-order valence-electron chi connectivity index (χ3n) is 3.58. The molecule has 0 spiro atoms. The SMILES string of the molecule is CCOc1ccc(N=Cc2ccc(N(C)c3ccccc3)o2)cc1. The third-order valence-corrected chi connectivity index (χ3v) is 3.58. The van der Waals surface area contributed by atoms with Crippen molar-refractivity contribution in [3.8, 4) is 5.75 Å². The van der Waals surface area contributed by atoms with Crippen molar-refractivity contribution >= 4 is 23.5 Å². The smallest absolute Gasteiger partial charge is 0.200 e. The van der Waals surface area contributed by atoms with Crippen LogP contribution in [0.3, 0.4) is 0 Å². The number of para-hydroxylation sites is 1. The molecule has 0 fully saturated rings. The number of hydrogen-bond acceptors (Lipinski definition) is 4. The maximum Gasteiger partial charge on any atom is 0.200 e. The van der Waals surface area contributed by atoms with Gasteiger partial charge in [-0.05, 0) is 49.4 Å². The van der Waals surface area contributed by atoms with Gasteiger partial charge in [-0.2, -0.15) is 0 Å². The number of furan rings is 1. The zero-order valence-electron chi connectivity index (χ0n) is 13.8. The summed E-state index contributed by atoms with van der Waals surface area (Å²) >= 11 is 0. The molecule has 0 radical (unpaired) electrons. The average molecular weight is 320 g/mol. The summed E-state index contributed by atoms with van der Waals surface area (Å²) in [7, 11) is 1.97.